The predicted molar refractivity (Wildman–Crippen MR) is 124 cm³/mol. The fraction of sp³-hybridized carbons (Fsp3) is 0.522. The minimum absolute atomic E-state index is 0. The lowest BCUT2D eigenvalue weighted by atomic mass is 9.77. The van der Waals surface area contributed by atoms with E-state index in [9.17, 15) is 4.79 Å². The zero-order chi connectivity index (χ0) is 20.3. The Balaban J connectivity index is 0.00000256. The van der Waals surface area contributed by atoms with Gasteiger partial charge in [0.1, 0.15) is 5.75 Å². The Hall–Kier alpha value is -1.60. The van der Waals surface area contributed by atoms with Gasteiger partial charge in [0.15, 0.2) is 0 Å². The number of halogens is 1. The number of thiophene rings is 1. The maximum Gasteiger partial charge on any atom is 0.229 e. The monoisotopic (exact) mass is 449 g/mol. The number of carbonyl (C=O) groups excluding carboxylic acids is 1. The van der Waals surface area contributed by atoms with Crippen molar-refractivity contribution in [3.05, 3.63) is 52.2 Å². The molecule has 1 spiro atoms. The van der Waals surface area contributed by atoms with Gasteiger partial charge in [-0.25, -0.2) is 0 Å². The van der Waals surface area contributed by atoms with Gasteiger partial charge in [0.2, 0.25) is 5.91 Å². The summed E-state index contributed by atoms with van der Waals surface area (Å²) >= 11 is 1.70. The fourth-order valence-electron chi connectivity index (χ4n) is 4.64. The van der Waals surface area contributed by atoms with Crippen LogP contribution in [0, 0.1) is 5.41 Å². The highest BCUT2D eigenvalue weighted by Gasteiger charge is 2.47. The van der Waals surface area contributed by atoms with E-state index in [1.54, 1.807) is 18.4 Å². The van der Waals surface area contributed by atoms with Gasteiger partial charge in [-0.2, -0.15) is 11.3 Å². The number of piperidine rings is 1. The summed E-state index contributed by atoms with van der Waals surface area (Å²) in [5.41, 5.74) is 8.58. The highest BCUT2D eigenvalue weighted by Crippen LogP contribution is 2.42. The number of methoxy groups -OCH3 is 1. The molecule has 30 heavy (non-hydrogen) atoms. The van der Waals surface area contributed by atoms with Crippen molar-refractivity contribution in [2.24, 2.45) is 11.1 Å². The lowest BCUT2D eigenvalue weighted by molar-refractivity contribution is -0.138. The van der Waals surface area contributed by atoms with Gasteiger partial charge in [-0.1, -0.05) is 12.1 Å². The van der Waals surface area contributed by atoms with Gasteiger partial charge in [-0.3, -0.25) is 4.79 Å². The number of rotatable bonds is 7. The van der Waals surface area contributed by atoms with Crippen molar-refractivity contribution in [2.45, 2.75) is 38.3 Å². The van der Waals surface area contributed by atoms with Crippen molar-refractivity contribution in [1.82, 2.24) is 9.80 Å². The van der Waals surface area contributed by atoms with Gasteiger partial charge in [0.25, 0.3) is 0 Å². The summed E-state index contributed by atoms with van der Waals surface area (Å²) in [5.74, 6) is 1.20. The Labute approximate surface area is 189 Å². The van der Waals surface area contributed by atoms with Crippen LogP contribution in [0.2, 0.25) is 0 Å². The first-order valence-electron chi connectivity index (χ1n) is 10.5. The van der Waals surface area contributed by atoms with Crippen LogP contribution in [0.1, 0.15) is 42.9 Å². The number of ether oxygens (including phenoxy) is 1. The second-order valence-electron chi connectivity index (χ2n) is 8.40. The first-order valence-corrected chi connectivity index (χ1v) is 11.5. The first-order chi connectivity index (χ1) is 14.1. The molecule has 2 saturated heterocycles. The lowest BCUT2D eigenvalue weighted by Gasteiger charge is -2.38. The number of carbonyl (C=O) groups is 1. The summed E-state index contributed by atoms with van der Waals surface area (Å²) in [6.45, 7) is 4.57. The Morgan fingerprint density at radius 3 is 2.47 bits per heavy atom. The van der Waals surface area contributed by atoms with E-state index < -0.39 is 0 Å². The van der Waals surface area contributed by atoms with E-state index in [4.69, 9.17) is 10.5 Å². The highest BCUT2D eigenvalue weighted by molar-refractivity contribution is 7.07. The topological polar surface area (TPSA) is 58.8 Å². The molecule has 1 atom stereocenters. The molecule has 7 heteroatoms. The standard InChI is InChI=1S/C23H31N3O2S.ClH/c1-28-20-4-2-18(3-5-20)16-26-14-10-23(22(26)27)8-12-25(13-9-23)11-6-21(24)19-7-15-29-17-19;/h2-5,7,15,17,21H,6,8-14,16,24H2,1H3;1H/t21-;/m0./s1. The van der Waals surface area contributed by atoms with E-state index >= 15 is 0 Å². The van der Waals surface area contributed by atoms with Gasteiger partial charge >= 0.3 is 0 Å². The highest BCUT2D eigenvalue weighted by atomic mass is 35.5. The van der Waals surface area contributed by atoms with Crippen LogP contribution >= 0.6 is 23.7 Å². The molecule has 2 aliphatic heterocycles. The summed E-state index contributed by atoms with van der Waals surface area (Å²) in [6, 6.07) is 10.3. The number of nitrogens with two attached hydrogens (primary N) is 1. The van der Waals surface area contributed by atoms with Crippen LogP contribution in [0.5, 0.6) is 5.75 Å². The number of hydrogen-bond acceptors (Lipinski definition) is 5. The van der Waals surface area contributed by atoms with Gasteiger partial charge in [-0.05, 0) is 85.4 Å². The van der Waals surface area contributed by atoms with E-state index in [-0.39, 0.29) is 23.9 Å². The smallest absolute Gasteiger partial charge is 0.229 e. The summed E-state index contributed by atoms with van der Waals surface area (Å²) in [4.78, 5) is 17.7. The van der Waals surface area contributed by atoms with E-state index in [0.29, 0.717) is 12.5 Å². The SMILES string of the molecule is COc1ccc(CN2CCC3(CCN(CC[C@H](N)c4ccsc4)CC3)C2=O)cc1.Cl. The molecule has 5 nitrogen and oxygen atoms in total. The van der Waals surface area contributed by atoms with Crippen LogP contribution < -0.4 is 10.5 Å². The third-order valence-electron chi connectivity index (χ3n) is 6.67. The van der Waals surface area contributed by atoms with Crippen molar-refractivity contribution < 1.29 is 9.53 Å². The van der Waals surface area contributed by atoms with Gasteiger partial charge < -0.3 is 20.3 Å². The Morgan fingerprint density at radius 1 is 1.13 bits per heavy atom. The minimum atomic E-state index is -0.140. The van der Waals surface area contributed by atoms with Crippen molar-refractivity contribution in [3.8, 4) is 5.75 Å². The lowest BCUT2D eigenvalue weighted by Crippen LogP contribution is -2.45. The summed E-state index contributed by atoms with van der Waals surface area (Å²) in [5, 5.41) is 4.23. The second-order valence-corrected chi connectivity index (χ2v) is 9.18. The molecule has 3 heterocycles. The molecule has 0 bridgehead atoms. The van der Waals surface area contributed by atoms with Crippen LogP contribution in [-0.4, -0.2) is 49.0 Å². The summed E-state index contributed by atoms with van der Waals surface area (Å²) in [6.07, 6.45) is 3.91. The van der Waals surface area contributed by atoms with Crippen LogP contribution in [-0.2, 0) is 11.3 Å². The largest absolute Gasteiger partial charge is 0.497 e. The number of amides is 1. The molecule has 0 saturated carbocycles. The van der Waals surface area contributed by atoms with Crippen LogP contribution in [0.15, 0.2) is 41.1 Å². The third kappa shape index (κ3) is 4.99. The van der Waals surface area contributed by atoms with E-state index in [2.05, 4.69) is 33.9 Å². The molecule has 0 unspecified atom stereocenters. The third-order valence-corrected chi connectivity index (χ3v) is 7.38. The summed E-state index contributed by atoms with van der Waals surface area (Å²) in [7, 11) is 1.67. The molecule has 0 aliphatic carbocycles. The Morgan fingerprint density at radius 2 is 1.83 bits per heavy atom. The maximum atomic E-state index is 13.2. The number of likely N-dealkylation sites (tertiary alicyclic amines) is 2. The molecule has 2 aliphatic rings. The number of nitrogens with zero attached hydrogens (tertiary/aromatic N) is 2. The average Bonchev–Trinajstić information content (AvgIpc) is 3.39. The van der Waals surface area contributed by atoms with Crippen LogP contribution in [0.4, 0.5) is 0 Å². The van der Waals surface area contributed by atoms with Crippen molar-refractivity contribution >= 4 is 29.7 Å². The van der Waals surface area contributed by atoms with Crippen molar-refractivity contribution in [3.63, 3.8) is 0 Å². The van der Waals surface area contributed by atoms with E-state index in [1.165, 1.54) is 5.56 Å². The van der Waals surface area contributed by atoms with Gasteiger partial charge in [0.05, 0.1) is 12.5 Å². The molecule has 2 aromatic rings. The Bertz CT molecular complexity index is 804. The molecule has 2 fully saturated rings. The van der Waals surface area contributed by atoms with Crippen LogP contribution in [0.25, 0.3) is 0 Å². The molecular formula is C23H32ClN3O2S. The molecule has 0 radical (unpaired) electrons. The molecule has 1 aromatic carbocycles. The fourth-order valence-corrected chi connectivity index (χ4v) is 5.36. The quantitative estimate of drug-likeness (QED) is 0.691. The molecular weight excluding hydrogens is 418 g/mol. The normalized spacial score (nSPS) is 19.7. The van der Waals surface area contributed by atoms with Crippen molar-refractivity contribution in [2.75, 3.05) is 33.3 Å². The zero-order valence-electron chi connectivity index (χ0n) is 17.6. The van der Waals surface area contributed by atoms with E-state index in [0.717, 1.165) is 63.2 Å². The molecule has 164 valence electrons. The Kier molecular flexibility index (Phi) is 7.80. The second kappa shape index (κ2) is 10.1. The minimum Gasteiger partial charge on any atom is -0.497 e. The van der Waals surface area contributed by atoms with Crippen molar-refractivity contribution in [1.29, 1.82) is 0 Å². The van der Waals surface area contributed by atoms with Crippen LogP contribution in [0.3, 0.4) is 0 Å². The number of hydrogen-bond donors (Lipinski definition) is 1. The average molecular weight is 450 g/mol. The van der Waals surface area contributed by atoms with Gasteiger partial charge in [-0.15, -0.1) is 12.4 Å². The molecule has 1 aromatic heterocycles. The molecule has 2 N–H and O–H groups in total. The summed E-state index contributed by atoms with van der Waals surface area (Å²) < 4.78 is 5.22. The maximum absolute atomic E-state index is 13.2. The van der Waals surface area contributed by atoms with Gasteiger partial charge in [0, 0.05) is 19.1 Å². The zero-order valence-corrected chi connectivity index (χ0v) is 19.2. The number of benzene rings is 1. The van der Waals surface area contributed by atoms with E-state index in [1.807, 2.05) is 17.0 Å². The first kappa shape index (κ1) is 23.1. The predicted octanol–water partition coefficient (Wildman–Crippen LogP) is 4.08. The molecule has 1 amide bonds. The molecule has 4 rings (SSSR count).